The molecular formula is C29H23N. The third-order valence-corrected chi connectivity index (χ3v) is 6.65. The number of benzene rings is 4. The minimum atomic E-state index is -0.147. The minimum Gasteiger partial charge on any atom is -0.330 e. The van der Waals surface area contributed by atoms with E-state index in [2.05, 4.69) is 127 Å². The molecule has 0 aromatic heterocycles. The molecule has 2 atom stereocenters. The molecule has 1 nitrogen and oxygen atoms in total. The molecular weight excluding hydrogens is 362 g/mol. The van der Waals surface area contributed by atoms with Gasteiger partial charge >= 0.3 is 0 Å². The van der Waals surface area contributed by atoms with Crippen molar-refractivity contribution in [2.45, 2.75) is 18.4 Å². The van der Waals surface area contributed by atoms with E-state index in [1.54, 1.807) is 0 Å². The zero-order chi connectivity index (χ0) is 20.1. The van der Waals surface area contributed by atoms with Gasteiger partial charge in [0.05, 0.1) is 11.2 Å². The van der Waals surface area contributed by atoms with E-state index in [1.807, 2.05) is 0 Å². The summed E-state index contributed by atoms with van der Waals surface area (Å²) in [6, 6.07) is 32.8. The average Bonchev–Trinajstić information content (AvgIpc) is 3.09. The second kappa shape index (κ2) is 6.47. The van der Waals surface area contributed by atoms with Gasteiger partial charge in [0.1, 0.15) is 0 Å². The lowest BCUT2D eigenvalue weighted by atomic mass is 9.78. The van der Waals surface area contributed by atoms with Gasteiger partial charge < -0.3 is 4.90 Å². The summed E-state index contributed by atoms with van der Waals surface area (Å²) in [4.78, 5) is 2.56. The molecule has 6 rings (SSSR count). The van der Waals surface area contributed by atoms with Gasteiger partial charge in [0.25, 0.3) is 0 Å². The molecule has 0 spiro atoms. The first-order valence-corrected chi connectivity index (χ1v) is 10.6. The Balaban J connectivity index is 1.77. The number of hydrogen-bond acceptors (Lipinski definition) is 1. The molecule has 2 aliphatic rings. The average molecular weight is 386 g/mol. The number of para-hydroxylation sites is 1. The maximum absolute atomic E-state index is 2.56. The Bertz CT molecular complexity index is 1300. The molecule has 30 heavy (non-hydrogen) atoms. The third-order valence-electron chi connectivity index (χ3n) is 6.65. The predicted octanol–water partition coefficient (Wildman–Crippen LogP) is 7.63. The molecule has 1 heterocycles. The molecule has 1 heteroatoms. The first-order chi connectivity index (χ1) is 14.8. The standard InChI is InChI=1S/C29H23N/c1-29-19-11-10-18-26(29)27-25(21-12-4-2-5-13-21)20-22-14-8-9-17-24(22)28(27)30(29)23-15-6-3-7-16-23/h2-20,26H,1H3. The van der Waals surface area contributed by atoms with Crippen LogP contribution in [0.15, 0.2) is 115 Å². The number of fused-ring (bicyclic) bond motifs is 5. The number of hydrogen-bond donors (Lipinski definition) is 0. The Hall–Kier alpha value is -3.58. The van der Waals surface area contributed by atoms with Crippen molar-refractivity contribution in [3.63, 3.8) is 0 Å². The Morgan fingerprint density at radius 2 is 1.47 bits per heavy atom. The van der Waals surface area contributed by atoms with Gasteiger partial charge in [-0.15, -0.1) is 0 Å². The molecule has 4 aromatic carbocycles. The van der Waals surface area contributed by atoms with Crippen LogP contribution in [0.3, 0.4) is 0 Å². The Morgan fingerprint density at radius 1 is 0.767 bits per heavy atom. The van der Waals surface area contributed by atoms with Crippen molar-refractivity contribution in [1.82, 2.24) is 0 Å². The molecule has 0 N–H and O–H groups in total. The van der Waals surface area contributed by atoms with Gasteiger partial charge in [-0.3, -0.25) is 0 Å². The summed E-state index contributed by atoms with van der Waals surface area (Å²) in [5.74, 6) is 0.289. The van der Waals surface area contributed by atoms with E-state index in [0.717, 1.165) is 0 Å². The number of anilines is 2. The SMILES string of the molecule is CC12C=CC=CC1c1c(-c3ccccc3)cc3ccccc3c1N2c1ccccc1. The predicted molar refractivity (Wildman–Crippen MR) is 127 cm³/mol. The topological polar surface area (TPSA) is 3.24 Å². The smallest absolute Gasteiger partial charge is 0.0712 e. The first-order valence-electron chi connectivity index (χ1n) is 10.6. The van der Waals surface area contributed by atoms with E-state index in [0.29, 0.717) is 0 Å². The lowest BCUT2D eigenvalue weighted by molar-refractivity contribution is 0.543. The highest BCUT2D eigenvalue weighted by atomic mass is 15.2. The van der Waals surface area contributed by atoms with E-state index >= 15 is 0 Å². The van der Waals surface area contributed by atoms with E-state index < -0.39 is 0 Å². The minimum absolute atomic E-state index is 0.147. The highest BCUT2D eigenvalue weighted by molar-refractivity contribution is 6.05. The van der Waals surface area contributed by atoms with E-state index in [9.17, 15) is 0 Å². The fourth-order valence-corrected chi connectivity index (χ4v) is 5.31. The quantitative estimate of drug-likeness (QED) is 0.343. The molecule has 0 fully saturated rings. The van der Waals surface area contributed by atoms with Gasteiger partial charge in [0.2, 0.25) is 0 Å². The van der Waals surface area contributed by atoms with E-state index in [4.69, 9.17) is 0 Å². The summed E-state index contributed by atoms with van der Waals surface area (Å²) in [5, 5.41) is 2.60. The van der Waals surface area contributed by atoms with Crippen molar-refractivity contribution >= 4 is 22.1 Å². The van der Waals surface area contributed by atoms with Crippen LogP contribution in [0, 0.1) is 0 Å². The van der Waals surface area contributed by atoms with Crippen LogP contribution in [0.4, 0.5) is 11.4 Å². The molecule has 4 aromatic rings. The van der Waals surface area contributed by atoms with Gasteiger partial charge in [-0.05, 0) is 47.2 Å². The monoisotopic (exact) mass is 385 g/mol. The number of rotatable bonds is 2. The lowest BCUT2D eigenvalue weighted by Gasteiger charge is -2.39. The van der Waals surface area contributed by atoms with Crippen molar-refractivity contribution in [2.75, 3.05) is 4.90 Å². The zero-order valence-corrected chi connectivity index (χ0v) is 17.0. The molecule has 1 aliphatic carbocycles. The molecule has 0 saturated heterocycles. The molecule has 1 aliphatic heterocycles. The summed E-state index contributed by atoms with van der Waals surface area (Å²) in [5.41, 5.74) is 6.46. The van der Waals surface area contributed by atoms with Crippen molar-refractivity contribution in [2.24, 2.45) is 0 Å². The third kappa shape index (κ3) is 2.35. The van der Waals surface area contributed by atoms with Crippen molar-refractivity contribution in [3.8, 4) is 11.1 Å². The van der Waals surface area contributed by atoms with Crippen molar-refractivity contribution in [3.05, 3.63) is 121 Å². The second-order valence-corrected chi connectivity index (χ2v) is 8.39. The van der Waals surface area contributed by atoms with Crippen LogP contribution in [0.1, 0.15) is 18.4 Å². The van der Waals surface area contributed by atoms with E-state index in [1.165, 1.54) is 38.8 Å². The van der Waals surface area contributed by atoms with Gasteiger partial charge in [-0.2, -0.15) is 0 Å². The number of allylic oxidation sites excluding steroid dienone is 2. The Labute approximate surface area is 177 Å². The van der Waals surface area contributed by atoms with Crippen LogP contribution < -0.4 is 4.90 Å². The molecule has 0 bridgehead atoms. The van der Waals surface area contributed by atoms with Gasteiger partial charge in [0, 0.05) is 17.0 Å². The first kappa shape index (κ1) is 17.3. The van der Waals surface area contributed by atoms with Gasteiger partial charge in [-0.25, -0.2) is 0 Å². The van der Waals surface area contributed by atoms with Crippen LogP contribution in [0.2, 0.25) is 0 Å². The summed E-state index contributed by atoms with van der Waals surface area (Å²) < 4.78 is 0. The van der Waals surface area contributed by atoms with Crippen LogP contribution in [-0.2, 0) is 0 Å². The highest BCUT2D eigenvalue weighted by Crippen LogP contribution is 2.58. The molecule has 2 unspecified atom stereocenters. The van der Waals surface area contributed by atoms with Crippen LogP contribution in [0.25, 0.3) is 21.9 Å². The fraction of sp³-hybridized carbons (Fsp3) is 0.103. The van der Waals surface area contributed by atoms with E-state index in [-0.39, 0.29) is 11.5 Å². The molecule has 0 amide bonds. The number of nitrogens with zero attached hydrogens (tertiary/aromatic N) is 1. The highest BCUT2D eigenvalue weighted by Gasteiger charge is 2.48. The molecule has 144 valence electrons. The molecule has 0 radical (unpaired) electrons. The van der Waals surface area contributed by atoms with Crippen LogP contribution in [0.5, 0.6) is 0 Å². The molecule has 0 saturated carbocycles. The Kier molecular flexibility index (Phi) is 3.73. The summed E-state index contributed by atoms with van der Waals surface area (Å²) in [6.07, 6.45) is 9.15. The lowest BCUT2D eigenvalue weighted by Crippen LogP contribution is -2.42. The Morgan fingerprint density at radius 3 is 2.27 bits per heavy atom. The van der Waals surface area contributed by atoms with Crippen molar-refractivity contribution < 1.29 is 0 Å². The normalized spacial score (nSPS) is 21.6. The zero-order valence-electron chi connectivity index (χ0n) is 17.0. The summed E-state index contributed by atoms with van der Waals surface area (Å²) in [7, 11) is 0. The maximum atomic E-state index is 2.56. The maximum Gasteiger partial charge on any atom is 0.0712 e. The van der Waals surface area contributed by atoms with Crippen molar-refractivity contribution in [1.29, 1.82) is 0 Å². The van der Waals surface area contributed by atoms with Crippen LogP contribution >= 0.6 is 0 Å². The fourth-order valence-electron chi connectivity index (χ4n) is 5.31. The van der Waals surface area contributed by atoms with Gasteiger partial charge in [0.15, 0.2) is 0 Å². The second-order valence-electron chi connectivity index (χ2n) is 8.39. The summed E-state index contributed by atoms with van der Waals surface area (Å²) in [6.45, 7) is 2.37. The summed E-state index contributed by atoms with van der Waals surface area (Å²) >= 11 is 0. The van der Waals surface area contributed by atoms with Gasteiger partial charge in [-0.1, -0.05) is 97.1 Å². The largest absolute Gasteiger partial charge is 0.330 e. The van der Waals surface area contributed by atoms with Crippen LogP contribution in [-0.4, -0.2) is 5.54 Å².